The molecule has 3 amide bonds. The monoisotopic (exact) mass is 495 g/mol. The lowest BCUT2D eigenvalue weighted by Gasteiger charge is -2.37. The zero-order valence-corrected chi connectivity index (χ0v) is 20.8. The third kappa shape index (κ3) is 6.19. The van der Waals surface area contributed by atoms with E-state index in [4.69, 9.17) is 4.74 Å². The van der Waals surface area contributed by atoms with Crippen molar-refractivity contribution in [2.45, 2.75) is 32.7 Å². The molecule has 2 heterocycles. The number of anilines is 1. The third-order valence-corrected chi connectivity index (χ3v) is 7.03. The normalized spacial score (nSPS) is 14.8. The fraction of sp³-hybridized carbons (Fsp3) is 0.333. The highest BCUT2D eigenvalue weighted by Crippen LogP contribution is 2.34. The van der Waals surface area contributed by atoms with Crippen LogP contribution in [-0.4, -0.2) is 48.0 Å². The summed E-state index contributed by atoms with van der Waals surface area (Å²) in [6.45, 7) is 5.16. The van der Waals surface area contributed by atoms with E-state index in [9.17, 15) is 14.0 Å². The van der Waals surface area contributed by atoms with Crippen molar-refractivity contribution in [2.24, 2.45) is 0 Å². The number of nitrogens with one attached hydrogen (secondary N) is 1. The number of aryl methyl sites for hydroxylation is 1. The Morgan fingerprint density at radius 1 is 1.20 bits per heavy atom. The van der Waals surface area contributed by atoms with Gasteiger partial charge in [-0.3, -0.25) is 4.79 Å². The van der Waals surface area contributed by atoms with E-state index >= 15 is 0 Å². The van der Waals surface area contributed by atoms with E-state index in [2.05, 4.69) is 5.32 Å². The molecule has 1 aromatic heterocycles. The quantitative estimate of drug-likeness (QED) is 0.440. The Morgan fingerprint density at radius 3 is 2.74 bits per heavy atom. The molecular weight excluding hydrogens is 465 g/mol. The van der Waals surface area contributed by atoms with Gasteiger partial charge in [-0.1, -0.05) is 30.7 Å². The van der Waals surface area contributed by atoms with E-state index in [-0.39, 0.29) is 36.9 Å². The van der Waals surface area contributed by atoms with Gasteiger partial charge in [-0.2, -0.15) is 0 Å². The van der Waals surface area contributed by atoms with Gasteiger partial charge in [-0.05, 0) is 61.0 Å². The van der Waals surface area contributed by atoms with Crippen LogP contribution in [0.3, 0.4) is 0 Å². The lowest BCUT2D eigenvalue weighted by Crippen LogP contribution is -2.48. The molecule has 0 unspecified atom stereocenters. The summed E-state index contributed by atoms with van der Waals surface area (Å²) in [7, 11) is 0. The van der Waals surface area contributed by atoms with Gasteiger partial charge in [0.05, 0.1) is 6.04 Å². The number of amides is 3. The number of carbonyl (C=O) groups is 2. The number of urea groups is 1. The maximum absolute atomic E-state index is 13.6. The van der Waals surface area contributed by atoms with E-state index in [1.54, 1.807) is 33.3 Å². The number of halogens is 1. The molecule has 1 aliphatic heterocycles. The summed E-state index contributed by atoms with van der Waals surface area (Å²) in [5.41, 5.74) is 2.85. The molecule has 0 fully saturated rings. The first-order valence-corrected chi connectivity index (χ1v) is 12.7. The minimum atomic E-state index is -0.370. The molecule has 1 aliphatic rings. The first-order chi connectivity index (χ1) is 16.9. The van der Waals surface area contributed by atoms with Crippen LogP contribution in [0.1, 0.15) is 35.4 Å². The van der Waals surface area contributed by atoms with E-state index in [1.807, 2.05) is 49.6 Å². The number of thiophene rings is 1. The Hall–Kier alpha value is -3.39. The van der Waals surface area contributed by atoms with Crippen molar-refractivity contribution >= 4 is 29.0 Å². The van der Waals surface area contributed by atoms with E-state index < -0.39 is 0 Å². The Labute approximate surface area is 209 Å². The molecule has 3 aromatic rings. The van der Waals surface area contributed by atoms with Gasteiger partial charge in [0.2, 0.25) is 5.91 Å². The maximum atomic E-state index is 13.6. The zero-order valence-electron chi connectivity index (χ0n) is 20.0. The van der Waals surface area contributed by atoms with Crippen molar-refractivity contribution in [3.63, 3.8) is 0 Å². The van der Waals surface area contributed by atoms with Gasteiger partial charge in [-0.25, -0.2) is 9.18 Å². The van der Waals surface area contributed by atoms with Crippen LogP contribution in [0.15, 0.2) is 60.0 Å². The number of hydrogen-bond donors (Lipinski definition) is 1. The minimum absolute atomic E-state index is 0.0263. The van der Waals surface area contributed by atoms with E-state index in [0.717, 1.165) is 24.0 Å². The smallest absolute Gasteiger partial charge is 0.322 e. The number of benzene rings is 2. The van der Waals surface area contributed by atoms with Crippen molar-refractivity contribution in [3.8, 4) is 5.75 Å². The van der Waals surface area contributed by atoms with E-state index in [1.165, 1.54) is 17.0 Å². The highest BCUT2D eigenvalue weighted by molar-refractivity contribution is 7.10. The predicted molar refractivity (Wildman–Crippen MR) is 136 cm³/mol. The second kappa shape index (κ2) is 11.4. The van der Waals surface area contributed by atoms with Crippen molar-refractivity contribution in [1.29, 1.82) is 0 Å². The minimum Gasteiger partial charge on any atom is -0.491 e. The van der Waals surface area contributed by atoms with Crippen LogP contribution in [0.5, 0.6) is 5.75 Å². The van der Waals surface area contributed by atoms with Crippen LogP contribution in [-0.2, 0) is 11.2 Å². The number of nitrogens with zero attached hydrogens (tertiary/aromatic N) is 2. The Morgan fingerprint density at radius 2 is 2.00 bits per heavy atom. The number of ether oxygens (including phenoxy) is 1. The third-order valence-electron chi connectivity index (χ3n) is 6.03. The molecule has 0 aliphatic carbocycles. The molecule has 1 N–H and O–H groups in total. The average molecular weight is 496 g/mol. The van der Waals surface area contributed by atoms with Crippen LogP contribution in [0, 0.1) is 12.7 Å². The molecule has 6 nitrogen and oxygen atoms in total. The number of rotatable bonds is 8. The van der Waals surface area contributed by atoms with Crippen LogP contribution in [0.25, 0.3) is 0 Å². The summed E-state index contributed by atoms with van der Waals surface area (Å²) < 4.78 is 19.5. The zero-order chi connectivity index (χ0) is 24.8. The summed E-state index contributed by atoms with van der Waals surface area (Å²) in [5.74, 6) is -0.0860. The summed E-state index contributed by atoms with van der Waals surface area (Å²) in [6.07, 6.45) is 1.49. The molecule has 35 heavy (non-hydrogen) atoms. The predicted octanol–water partition coefficient (Wildman–Crippen LogP) is 5.64. The van der Waals surface area contributed by atoms with Gasteiger partial charge in [0.1, 0.15) is 24.7 Å². The van der Waals surface area contributed by atoms with Crippen molar-refractivity contribution in [1.82, 2.24) is 9.80 Å². The standard InChI is InChI=1S/C27H30FN3O3S/c1-3-13-30(27(33)29-21-9-7-19(2)8-10-21)17-26(32)31-14-11-25-23(12-15-35-25)24(31)18-34-22-6-4-5-20(28)16-22/h4-10,12,15-16,24H,3,11,13-14,17-18H2,1-2H3,(H,29,33)/t24-/m1/s1. The molecule has 0 bridgehead atoms. The van der Waals surface area contributed by atoms with Gasteiger partial charge in [0.25, 0.3) is 0 Å². The van der Waals surface area contributed by atoms with Crippen LogP contribution in [0.2, 0.25) is 0 Å². The largest absolute Gasteiger partial charge is 0.491 e. The first kappa shape index (κ1) is 24.7. The van der Waals surface area contributed by atoms with Crippen molar-refractivity contribution in [3.05, 3.63) is 81.8 Å². The van der Waals surface area contributed by atoms with Crippen molar-refractivity contribution in [2.75, 3.05) is 31.6 Å². The number of hydrogen-bond acceptors (Lipinski definition) is 4. The molecule has 2 aromatic carbocycles. The molecule has 0 saturated carbocycles. The van der Waals surface area contributed by atoms with Gasteiger partial charge < -0.3 is 19.9 Å². The maximum Gasteiger partial charge on any atom is 0.322 e. The van der Waals surface area contributed by atoms with Crippen LogP contribution < -0.4 is 10.1 Å². The summed E-state index contributed by atoms with van der Waals surface area (Å²) in [6, 6.07) is 15.0. The molecule has 1 atom stereocenters. The lowest BCUT2D eigenvalue weighted by atomic mass is 10.0. The van der Waals surface area contributed by atoms with Gasteiger partial charge >= 0.3 is 6.03 Å². The molecule has 4 rings (SSSR count). The topological polar surface area (TPSA) is 61.9 Å². The Bertz CT molecular complexity index is 1160. The second-order valence-electron chi connectivity index (χ2n) is 8.64. The number of carbonyl (C=O) groups excluding carboxylic acids is 2. The molecule has 8 heteroatoms. The Kier molecular flexibility index (Phi) is 8.02. The molecular formula is C27H30FN3O3S. The average Bonchev–Trinajstić information content (AvgIpc) is 3.33. The van der Waals surface area contributed by atoms with Gasteiger partial charge in [0.15, 0.2) is 0 Å². The van der Waals surface area contributed by atoms with E-state index in [0.29, 0.717) is 24.5 Å². The highest BCUT2D eigenvalue weighted by Gasteiger charge is 2.33. The van der Waals surface area contributed by atoms with Crippen LogP contribution >= 0.6 is 11.3 Å². The molecule has 0 saturated heterocycles. The lowest BCUT2D eigenvalue weighted by molar-refractivity contribution is -0.135. The first-order valence-electron chi connectivity index (χ1n) is 11.8. The van der Waals surface area contributed by atoms with Gasteiger partial charge in [-0.15, -0.1) is 11.3 Å². The van der Waals surface area contributed by atoms with Crippen molar-refractivity contribution < 1.29 is 18.7 Å². The van der Waals surface area contributed by atoms with Crippen LogP contribution in [0.4, 0.5) is 14.9 Å². The SMILES string of the molecule is CCCN(CC(=O)N1CCc2sccc2[C@H]1COc1cccc(F)c1)C(=O)Nc1ccc(C)cc1. The summed E-state index contributed by atoms with van der Waals surface area (Å²) >= 11 is 1.67. The number of fused-ring (bicyclic) bond motifs is 1. The molecule has 0 spiro atoms. The van der Waals surface area contributed by atoms with Gasteiger partial charge in [0, 0.05) is 29.7 Å². The Balaban J connectivity index is 1.47. The summed E-state index contributed by atoms with van der Waals surface area (Å²) in [4.78, 5) is 31.0. The fourth-order valence-corrected chi connectivity index (χ4v) is 5.15. The molecule has 0 radical (unpaired) electrons. The second-order valence-corrected chi connectivity index (χ2v) is 9.64. The summed E-state index contributed by atoms with van der Waals surface area (Å²) in [5, 5.41) is 4.91. The fourth-order valence-electron chi connectivity index (χ4n) is 4.22. The molecule has 184 valence electrons. The highest BCUT2D eigenvalue weighted by atomic mass is 32.1.